The first-order valence-electron chi connectivity index (χ1n) is 9.84. The second kappa shape index (κ2) is 7.15. The van der Waals surface area contributed by atoms with Gasteiger partial charge in [-0.25, -0.2) is 18.7 Å². The number of piperidine rings is 1. The second-order valence-corrected chi connectivity index (χ2v) is 7.59. The summed E-state index contributed by atoms with van der Waals surface area (Å²) in [4.78, 5) is 14.2. The van der Waals surface area contributed by atoms with Gasteiger partial charge < -0.3 is 15.7 Å². The third-order valence-electron chi connectivity index (χ3n) is 5.59. The highest BCUT2D eigenvalue weighted by atomic mass is 19.3. The molecule has 4 aromatic rings. The van der Waals surface area contributed by atoms with Gasteiger partial charge >= 0.3 is 0 Å². The number of benzene rings is 1. The summed E-state index contributed by atoms with van der Waals surface area (Å²) in [5, 5.41) is 11.8. The molecule has 1 aliphatic heterocycles. The number of nitrogens with one attached hydrogen (secondary N) is 2. The standard InChI is InChI=1S/C21H20F2N8/c1-12(11-26-24)13-2-3-15-14(10-13)17(30-29-15)20-27-18-16(4-7-25-19(18)28-20)31-8-5-21(22,23)6-9-31/h2-4,7,10-11H,1,5-6,8-9,24H2,(H,29,30)(H,25,27,28)/b26-11-. The van der Waals surface area contributed by atoms with Crippen molar-refractivity contribution in [1.82, 2.24) is 25.1 Å². The molecule has 1 saturated heterocycles. The Labute approximate surface area is 175 Å². The molecule has 1 fully saturated rings. The average Bonchev–Trinajstić information content (AvgIpc) is 3.37. The van der Waals surface area contributed by atoms with Crippen molar-refractivity contribution >= 4 is 39.5 Å². The number of nitrogens with zero attached hydrogens (tertiary/aromatic N) is 5. The van der Waals surface area contributed by atoms with Gasteiger partial charge in [0.2, 0.25) is 0 Å². The number of allylic oxidation sites excluding steroid dienone is 1. The van der Waals surface area contributed by atoms with Crippen molar-refractivity contribution in [2.24, 2.45) is 10.9 Å². The molecule has 10 heteroatoms. The van der Waals surface area contributed by atoms with Crippen molar-refractivity contribution in [2.45, 2.75) is 18.8 Å². The summed E-state index contributed by atoms with van der Waals surface area (Å²) in [7, 11) is 0. The third kappa shape index (κ3) is 3.39. The first-order chi connectivity index (χ1) is 14.9. The van der Waals surface area contributed by atoms with E-state index in [0.29, 0.717) is 28.3 Å². The Bertz CT molecular complexity index is 1310. The van der Waals surface area contributed by atoms with Crippen LogP contribution in [0.5, 0.6) is 0 Å². The normalized spacial score (nSPS) is 16.5. The van der Waals surface area contributed by atoms with Gasteiger partial charge in [0, 0.05) is 37.5 Å². The molecule has 1 aromatic carbocycles. The fraction of sp³-hybridized carbons (Fsp3) is 0.238. The Morgan fingerprint density at radius 2 is 2.06 bits per heavy atom. The molecular formula is C21H20F2N8. The van der Waals surface area contributed by atoms with Gasteiger partial charge in [-0.2, -0.15) is 10.2 Å². The Morgan fingerprint density at radius 3 is 2.84 bits per heavy atom. The summed E-state index contributed by atoms with van der Waals surface area (Å²) in [5.74, 6) is 3.17. The van der Waals surface area contributed by atoms with E-state index in [1.54, 1.807) is 6.20 Å². The average molecular weight is 422 g/mol. The Morgan fingerprint density at radius 1 is 1.26 bits per heavy atom. The topological polar surface area (TPSA) is 112 Å². The molecule has 158 valence electrons. The number of imidazole rings is 1. The van der Waals surface area contributed by atoms with Gasteiger partial charge in [-0.1, -0.05) is 12.6 Å². The van der Waals surface area contributed by atoms with Crippen molar-refractivity contribution in [3.63, 3.8) is 0 Å². The number of rotatable bonds is 4. The summed E-state index contributed by atoms with van der Waals surface area (Å²) in [5.41, 5.74) is 5.02. The largest absolute Gasteiger partial charge is 0.369 e. The second-order valence-electron chi connectivity index (χ2n) is 7.59. The van der Waals surface area contributed by atoms with Crippen LogP contribution >= 0.6 is 0 Å². The number of anilines is 1. The zero-order valence-electron chi connectivity index (χ0n) is 16.6. The molecule has 1 aliphatic rings. The minimum atomic E-state index is -2.61. The lowest BCUT2D eigenvalue weighted by Crippen LogP contribution is -2.39. The Balaban J connectivity index is 1.56. The van der Waals surface area contributed by atoms with Crippen LogP contribution in [0.25, 0.3) is 39.2 Å². The SMILES string of the molecule is C=C(/C=N\N)c1ccc2[nH]nc(-c3nc4nccc(N5CCC(F)(F)CC5)c4[nH]3)c2c1. The molecule has 0 unspecified atom stereocenters. The maximum absolute atomic E-state index is 13.6. The van der Waals surface area contributed by atoms with Crippen molar-refractivity contribution < 1.29 is 8.78 Å². The van der Waals surface area contributed by atoms with Crippen molar-refractivity contribution in [3.8, 4) is 11.5 Å². The lowest BCUT2D eigenvalue weighted by atomic mass is 10.1. The highest BCUT2D eigenvalue weighted by Gasteiger charge is 2.34. The number of nitrogens with two attached hydrogens (primary N) is 1. The quantitative estimate of drug-likeness (QED) is 0.264. The number of hydrazone groups is 1. The number of H-pyrrole nitrogens is 2. The number of hydrogen-bond donors (Lipinski definition) is 3. The van der Waals surface area contributed by atoms with Crippen LogP contribution in [0.2, 0.25) is 0 Å². The predicted octanol–water partition coefficient (Wildman–Crippen LogP) is 3.69. The van der Waals surface area contributed by atoms with E-state index < -0.39 is 5.92 Å². The van der Waals surface area contributed by atoms with E-state index in [4.69, 9.17) is 5.84 Å². The van der Waals surface area contributed by atoms with Crippen molar-refractivity contribution in [2.75, 3.05) is 18.0 Å². The zero-order valence-corrected chi connectivity index (χ0v) is 16.6. The third-order valence-corrected chi connectivity index (χ3v) is 5.59. The maximum atomic E-state index is 13.6. The summed E-state index contributed by atoms with van der Waals surface area (Å²) in [6.07, 6.45) is 2.80. The molecule has 3 aromatic heterocycles. The van der Waals surface area contributed by atoms with Gasteiger partial charge in [0.05, 0.1) is 17.4 Å². The van der Waals surface area contributed by atoms with Crippen LogP contribution in [-0.2, 0) is 0 Å². The van der Waals surface area contributed by atoms with E-state index in [0.717, 1.165) is 22.2 Å². The number of alkyl halides is 2. The summed E-state index contributed by atoms with van der Waals surface area (Å²) >= 11 is 0. The number of aromatic amines is 2. The van der Waals surface area contributed by atoms with Gasteiger partial charge in [-0.05, 0) is 29.3 Å². The number of hydrogen-bond acceptors (Lipinski definition) is 6. The number of halogens is 2. The fourth-order valence-electron chi connectivity index (χ4n) is 3.91. The molecule has 0 saturated carbocycles. The van der Waals surface area contributed by atoms with E-state index in [1.807, 2.05) is 29.2 Å². The van der Waals surface area contributed by atoms with Gasteiger partial charge in [0.1, 0.15) is 11.2 Å². The maximum Gasteiger partial charge on any atom is 0.251 e. The lowest BCUT2D eigenvalue weighted by Gasteiger charge is -2.33. The van der Waals surface area contributed by atoms with E-state index in [9.17, 15) is 8.78 Å². The Kier molecular flexibility index (Phi) is 4.42. The van der Waals surface area contributed by atoms with E-state index in [1.165, 1.54) is 6.21 Å². The van der Waals surface area contributed by atoms with Crippen LogP contribution in [0.4, 0.5) is 14.5 Å². The summed E-state index contributed by atoms with van der Waals surface area (Å²) in [6.45, 7) is 4.52. The fourth-order valence-corrected chi connectivity index (χ4v) is 3.91. The zero-order chi connectivity index (χ0) is 21.6. The molecular weight excluding hydrogens is 402 g/mol. The van der Waals surface area contributed by atoms with Gasteiger partial charge in [-0.15, -0.1) is 0 Å². The molecule has 0 atom stereocenters. The van der Waals surface area contributed by atoms with Crippen LogP contribution in [0.3, 0.4) is 0 Å². The van der Waals surface area contributed by atoms with Crippen LogP contribution in [-0.4, -0.2) is 50.4 Å². The van der Waals surface area contributed by atoms with E-state index in [-0.39, 0.29) is 25.9 Å². The van der Waals surface area contributed by atoms with Crippen molar-refractivity contribution in [1.29, 1.82) is 0 Å². The molecule has 5 rings (SSSR count). The van der Waals surface area contributed by atoms with Gasteiger partial charge in [-0.3, -0.25) is 5.10 Å². The van der Waals surface area contributed by atoms with E-state index >= 15 is 0 Å². The molecule has 0 amide bonds. The molecule has 8 nitrogen and oxygen atoms in total. The molecule has 4 N–H and O–H groups in total. The molecule has 0 bridgehead atoms. The van der Waals surface area contributed by atoms with Gasteiger partial charge in [0.25, 0.3) is 5.92 Å². The van der Waals surface area contributed by atoms with Gasteiger partial charge in [0.15, 0.2) is 11.5 Å². The molecule has 0 aliphatic carbocycles. The van der Waals surface area contributed by atoms with Crippen LogP contribution in [0.1, 0.15) is 18.4 Å². The minimum absolute atomic E-state index is 0.166. The smallest absolute Gasteiger partial charge is 0.251 e. The Hall–Kier alpha value is -3.82. The van der Waals surface area contributed by atoms with Crippen LogP contribution < -0.4 is 10.7 Å². The number of aromatic nitrogens is 5. The van der Waals surface area contributed by atoms with Crippen LogP contribution in [0.15, 0.2) is 42.1 Å². The summed E-state index contributed by atoms with van der Waals surface area (Å²) in [6, 6.07) is 7.56. The summed E-state index contributed by atoms with van der Waals surface area (Å²) < 4.78 is 27.2. The highest BCUT2D eigenvalue weighted by molar-refractivity contribution is 6.10. The molecule has 0 radical (unpaired) electrons. The lowest BCUT2D eigenvalue weighted by molar-refractivity contribution is -0.0220. The minimum Gasteiger partial charge on any atom is -0.369 e. The monoisotopic (exact) mass is 422 g/mol. The molecule has 4 heterocycles. The predicted molar refractivity (Wildman–Crippen MR) is 117 cm³/mol. The van der Waals surface area contributed by atoms with E-state index in [2.05, 4.69) is 36.8 Å². The van der Waals surface area contributed by atoms with Crippen molar-refractivity contribution in [3.05, 3.63) is 42.6 Å². The number of fused-ring (bicyclic) bond motifs is 2. The number of pyridine rings is 1. The first kappa shape index (κ1) is 19.2. The molecule has 0 spiro atoms. The van der Waals surface area contributed by atoms with Crippen LogP contribution in [0, 0.1) is 0 Å². The first-order valence-corrected chi connectivity index (χ1v) is 9.84. The highest BCUT2D eigenvalue weighted by Crippen LogP contribution is 2.34. The molecule has 31 heavy (non-hydrogen) atoms.